The largest absolute Gasteiger partial charge is 0.494 e. The lowest BCUT2D eigenvalue weighted by Gasteiger charge is -2.26. The second-order valence-corrected chi connectivity index (χ2v) is 9.23. The van der Waals surface area contributed by atoms with Gasteiger partial charge in [-0.1, -0.05) is 30.3 Å². The predicted molar refractivity (Wildman–Crippen MR) is 127 cm³/mol. The molecule has 2 aliphatic rings. The standard InChI is InChI=1S/C26H23N5O4/c1-25-8-9-26(35-25,10-11-34-20-12-19(28)29-14-30-20)22-21(25)23(32)31(24(22)33)18-7-6-15-4-2-3-5-16(15)17(18)13-27/h2-7,12,14,32-33H,8-11H2,1H3,(H2,28,29,30). The molecule has 2 aromatic carbocycles. The van der Waals surface area contributed by atoms with E-state index in [1.54, 1.807) is 12.1 Å². The molecule has 35 heavy (non-hydrogen) atoms. The van der Waals surface area contributed by atoms with Gasteiger partial charge in [0.2, 0.25) is 17.6 Å². The van der Waals surface area contributed by atoms with Crippen molar-refractivity contribution in [2.75, 3.05) is 12.3 Å². The number of nitrogens with zero attached hydrogens (tertiary/aromatic N) is 4. The maximum atomic E-state index is 11.5. The summed E-state index contributed by atoms with van der Waals surface area (Å²) >= 11 is 0. The van der Waals surface area contributed by atoms with Gasteiger partial charge in [0.05, 0.1) is 34.6 Å². The highest BCUT2D eigenvalue weighted by atomic mass is 16.5. The van der Waals surface area contributed by atoms with Gasteiger partial charge in [-0.2, -0.15) is 5.26 Å². The number of anilines is 1. The summed E-state index contributed by atoms with van der Waals surface area (Å²) in [5, 5.41) is 34.5. The van der Waals surface area contributed by atoms with E-state index in [0.29, 0.717) is 53.3 Å². The lowest BCUT2D eigenvalue weighted by Crippen LogP contribution is -2.25. The summed E-state index contributed by atoms with van der Waals surface area (Å²) in [7, 11) is 0. The molecule has 1 fully saturated rings. The van der Waals surface area contributed by atoms with Crippen molar-refractivity contribution in [3.05, 3.63) is 65.5 Å². The number of nitriles is 1. The van der Waals surface area contributed by atoms with Crippen LogP contribution in [0.25, 0.3) is 16.5 Å². The van der Waals surface area contributed by atoms with Crippen molar-refractivity contribution in [3.63, 3.8) is 0 Å². The molecule has 2 unspecified atom stereocenters. The summed E-state index contributed by atoms with van der Waals surface area (Å²) in [5.41, 5.74) is 6.01. The summed E-state index contributed by atoms with van der Waals surface area (Å²) in [4.78, 5) is 7.92. The zero-order valence-corrected chi connectivity index (χ0v) is 19.0. The Morgan fingerprint density at radius 3 is 2.74 bits per heavy atom. The maximum Gasteiger partial charge on any atom is 0.218 e. The number of fused-ring (bicyclic) bond motifs is 6. The Morgan fingerprint density at radius 2 is 1.94 bits per heavy atom. The number of rotatable bonds is 5. The third-order valence-corrected chi connectivity index (χ3v) is 7.21. The molecule has 9 heteroatoms. The number of aromatic hydroxyl groups is 2. The van der Waals surface area contributed by atoms with Gasteiger partial charge in [-0.25, -0.2) is 14.5 Å². The summed E-state index contributed by atoms with van der Waals surface area (Å²) < 4.78 is 13.6. The SMILES string of the molecule is CC12CCC(CCOc3cc(N)ncn3)(O1)c1c2c(O)n(-c2ccc3ccccc3c2C#N)c1O. The van der Waals surface area contributed by atoms with Crippen LogP contribution in [0.4, 0.5) is 5.82 Å². The molecule has 2 atom stereocenters. The molecule has 4 aromatic rings. The van der Waals surface area contributed by atoms with Gasteiger partial charge in [0, 0.05) is 17.9 Å². The van der Waals surface area contributed by atoms with Crippen LogP contribution in [-0.2, 0) is 15.9 Å². The molecule has 0 amide bonds. The Balaban J connectivity index is 1.43. The average molecular weight is 470 g/mol. The van der Waals surface area contributed by atoms with Crippen LogP contribution in [0, 0.1) is 11.3 Å². The lowest BCUT2D eigenvalue weighted by molar-refractivity contribution is -0.0877. The summed E-state index contributed by atoms with van der Waals surface area (Å²) in [5.74, 6) is 0.425. The van der Waals surface area contributed by atoms with Crippen molar-refractivity contribution in [3.8, 4) is 29.4 Å². The van der Waals surface area contributed by atoms with E-state index in [-0.39, 0.29) is 18.4 Å². The second kappa shape index (κ2) is 7.35. The molecule has 6 rings (SSSR count). The van der Waals surface area contributed by atoms with Gasteiger partial charge >= 0.3 is 0 Å². The highest BCUT2D eigenvalue weighted by Gasteiger charge is 2.61. The fourth-order valence-electron chi connectivity index (χ4n) is 5.65. The minimum atomic E-state index is -0.834. The van der Waals surface area contributed by atoms with Crippen molar-refractivity contribution < 1.29 is 19.7 Å². The first-order valence-corrected chi connectivity index (χ1v) is 11.4. The Morgan fingerprint density at radius 1 is 1.14 bits per heavy atom. The first-order chi connectivity index (χ1) is 16.9. The van der Waals surface area contributed by atoms with Gasteiger partial charge in [0.25, 0.3) is 0 Å². The molecular formula is C26H23N5O4. The van der Waals surface area contributed by atoms with Gasteiger partial charge in [0.15, 0.2) is 0 Å². The van der Waals surface area contributed by atoms with E-state index in [1.807, 2.05) is 37.3 Å². The fourth-order valence-corrected chi connectivity index (χ4v) is 5.65. The monoisotopic (exact) mass is 469 g/mol. The van der Waals surface area contributed by atoms with Crippen LogP contribution >= 0.6 is 0 Å². The number of ether oxygens (including phenoxy) is 2. The number of aromatic nitrogens is 3. The Labute approximate surface area is 201 Å². The van der Waals surface area contributed by atoms with E-state index in [9.17, 15) is 15.5 Å². The molecule has 0 aliphatic carbocycles. The van der Waals surface area contributed by atoms with Crippen LogP contribution in [-0.4, -0.2) is 31.4 Å². The van der Waals surface area contributed by atoms with Crippen molar-refractivity contribution >= 4 is 16.6 Å². The molecule has 1 saturated heterocycles. The first kappa shape index (κ1) is 21.3. The van der Waals surface area contributed by atoms with Crippen LogP contribution in [0.1, 0.15) is 42.9 Å². The molecule has 176 valence electrons. The molecule has 0 spiro atoms. The molecule has 0 saturated carbocycles. The molecule has 2 aliphatic heterocycles. The van der Waals surface area contributed by atoms with Crippen LogP contribution < -0.4 is 10.5 Å². The van der Waals surface area contributed by atoms with E-state index >= 15 is 0 Å². The van der Waals surface area contributed by atoms with Crippen molar-refractivity contribution in [1.29, 1.82) is 5.26 Å². The highest BCUT2D eigenvalue weighted by Crippen LogP contribution is 2.65. The average Bonchev–Trinajstić information content (AvgIpc) is 3.43. The van der Waals surface area contributed by atoms with Crippen LogP contribution in [0.5, 0.6) is 17.6 Å². The van der Waals surface area contributed by atoms with E-state index < -0.39 is 11.2 Å². The lowest BCUT2D eigenvalue weighted by atomic mass is 9.78. The molecule has 4 heterocycles. The maximum absolute atomic E-state index is 11.5. The van der Waals surface area contributed by atoms with Crippen molar-refractivity contribution in [1.82, 2.24) is 14.5 Å². The van der Waals surface area contributed by atoms with Gasteiger partial charge in [-0.3, -0.25) is 0 Å². The third kappa shape index (κ3) is 2.97. The van der Waals surface area contributed by atoms with Gasteiger partial charge in [-0.15, -0.1) is 0 Å². The highest BCUT2D eigenvalue weighted by molar-refractivity contribution is 5.91. The van der Waals surface area contributed by atoms with E-state index in [0.717, 1.165) is 10.8 Å². The first-order valence-electron chi connectivity index (χ1n) is 11.4. The van der Waals surface area contributed by atoms with E-state index in [1.165, 1.54) is 10.9 Å². The van der Waals surface area contributed by atoms with E-state index in [4.69, 9.17) is 15.2 Å². The molecule has 9 nitrogen and oxygen atoms in total. The number of hydrogen-bond donors (Lipinski definition) is 3. The van der Waals surface area contributed by atoms with Gasteiger partial charge in [-0.05, 0) is 31.2 Å². The third-order valence-electron chi connectivity index (χ3n) is 7.21. The van der Waals surface area contributed by atoms with Gasteiger partial charge in [0.1, 0.15) is 23.8 Å². The summed E-state index contributed by atoms with van der Waals surface area (Å²) in [6.07, 6.45) is 3.10. The second-order valence-electron chi connectivity index (χ2n) is 9.23. The van der Waals surface area contributed by atoms with Gasteiger partial charge < -0.3 is 25.4 Å². The van der Waals surface area contributed by atoms with Crippen LogP contribution in [0.2, 0.25) is 0 Å². The fraction of sp³-hybridized carbons (Fsp3) is 0.269. The number of nitrogen functional groups attached to an aromatic ring is 1. The number of hydrogen-bond acceptors (Lipinski definition) is 8. The molecule has 4 N–H and O–H groups in total. The Kier molecular flexibility index (Phi) is 4.47. The van der Waals surface area contributed by atoms with Crippen LogP contribution in [0.3, 0.4) is 0 Å². The molecule has 2 bridgehead atoms. The zero-order valence-electron chi connectivity index (χ0n) is 19.0. The number of nitrogens with two attached hydrogens (primary N) is 1. The molecular weight excluding hydrogens is 446 g/mol. The summed E-state index contributed by atoms with van der Waals surface area (Å²) in [6.45, 7) is 2.18. The van der Waals surface area contributed by atoms with E-state index in [2.05, 4.69) is 16.0 Å². The molecule has 0 radical (unpaired) electrons. The predicted octanol–water partition coefficient (Wildman–Crippen LogP) is 3.99. The minimum Gasteiger partial charge on any atom is -0.494 e. The summed E-state index contributed by atoms with van der Waals surface area (Å²) in [6, 6.07) is 15.0. The van der Waals surface area contributed by atoms with Crippen molar-refractivity contribution in [2.24, 2.45) is 0 Å². The van der Waals surface area contributed by atoms with Crippen LogP contribution in [0.15, 0.2) is 48.8 Å². The zero-order chi connectivity index (χ0) is 24.4. The minimum absolute atomic E-state index is 0.113. The number of benzene rings is 2. The Hall–Kier alpha value is -4.29. The van der Waals surface area contributed by atoms with Crippen molar-refractivity contribution in [2.45, 2.75) is 37.4 Å². The normalized spacial score (nSPS) is 22.3. The Bertz CT molecular complexity index is 1540. The quantitative estimate of drug-likeness (QED) is 0.399. The smallest absolute Gasteiger partial charge is 0.218 e. The molecule has 2 aromatic heterocycles. The topological polar surface area (TPSA) is 139 Å².